The second-order valence-corrected chi connectivity index (χ2v) is 4.48. The molecular weight excluding hydrogens is 210 g/mol. The summed E-state index contributed by atoms with van der Waals surface area (Å²) in [5.74, 6) is 0.303. The SMILES string of the molecule is CC(CO)CN(C)Cc1ccccc1Cl. The van der Waals surface area contributed by atoms with Gasteiger partial charge in [-0.2, -0.15) is 0 Å². The Labute approximate surface area is 96.5 Å². The Morgan fingerprint density at radius 3 is 2.67 bits per heavy atom. The highest BCUT2D eigenvalue weighted by Crippen LogP contribution is 2.16. The van der Waals surface area contributed by atoms with E-state index in [1.54, 1.807) is 0 Å². The van der Waals surface area contributed by atoms with Crippen molar-refractivity contribution in [2.75, 3.05) is 20.2 Å². The molecule has 0 aliphatic heterocycles. The largest absolute Gasteiger partial charge is 0.396 e. The molecule has 1 aromatic carbocycles. The van der Waals surface area contributed by atoms with E-state index in [2.05, 4.69) is 4.90 Å². The van der Waals surface area contributed by atoms with Crippen molar-refractivity contribution < 1.29 is 5.11 Å². The van der Waals surface area contributed by atoms with E-state index < -0.39 is 0 Å². The first-order valence-corrected chi connectivity index (χ1v) is 5.54. The topological polar surface area (TPSA) is 23.5 Å². The fraction of sp³-hybridized carbons (Fsp3) is 0.500. The zero-order chi connectivity index (χ0) is 11.3. The van der Waals surface area contributed by atoms with E-state index in [1.165, 1.54) is 0 Å². The van der Waals surface area contributed by atoms with E-state index >= 15 is 0 Å². The first-order valence-electron chi connectivity index (χ1n) is 5.16. The van der Waals surface area contributed by atoms with Gasteiger partial charge in [-0.3, -0.25) is 0 Å². The predicted octanol–water partition coefficient (Wildman–Crippen LogP) is 2.40. The molecule has 0 bridgehead atoms. The standard InChI is InChI=1S/C12H18ClNO/c1-10(9-15)7-14(2)8-11-5-3-4-6-12(11)13/h3-6,10,15H,7-9H2,1-2H3. The van der Waals surface area contributed by atoms with Crippen LogP contribution in [0.1, 0.15) is 12.5 Å². The van der Waals surface area contributed by atoms with Gasteiger partial charge in [-0.25, -0.2) is 0 Å². The Hall–Kier alpha value is -0.570. The van der Waals surface area contributed by atoms with Gasteiger partial charge < -0.3 is 10.0 Å². The molecular formula is C12H18ClNO. The maximum absolute atomic E-state index is 8.95. The Morgan fingerprint density at radius 2 is 2.07 bits per heavy atom. The van der Waals surface area contributed by atoms with E-state index in [1.807, 2.05) is 38.2 Å². The molecule has 1 rings (SSSR count). The van der Waals surface area contributed by atoms with Crippen LogP contribution < -0.4 is 0 Å². The van der Waals surface area contributed by atoms with Crippen LogP contribution in [0.25, 0.3) is 0 Å². The number of aliphatic hydroxyl groups excluding tert-OH is 1. The Bertz CT molecular complexity index is 303. The van der Waals surface area contributed by atoms with Crippen molar-refractivity contribution in [2.45, 2.75) is 13.5 Å². The number of hydrogen-bond acceptors (Lipinski definition) is 2. The number of hydrogen-bond donors (Lipinski definition) is 1. The lowest BCUT2D eigenvalue weighted by atomic mass is 10.1. The normalized spacial score (nSPS) is 13.1. The van der Waals surface area contributed by atoms with Crippen LogP contribution in [0, 0.1) is 5.92 Å². The zero-order valence-corrected chi connectivity index (χ0v) is 10.0. The van der Waals surface area contributed by atoms with Gasteiger partial charge in [0.25, 0.3) is 0 Å². The van der Waals surface area contributed by atoms with Crippen molar-refractivity contribution in [1.82, 2.24) is 4.90 Å². The van der Waals surface area contributed by atoms with Crippen LogP contribution in [0.4, 0.5) is 0 Å². The summed E-state index contributed by atoms with van der Waals surface area (Å²) in [6.45, 7) is 3.96. The average Bonchev–Trinajstić information content (AvgIpc) is 2.21. The lowest BCUT2D eigenvalue weighted by molar-refractivity contribution is 0.188. The number of nitrogens with zero attached hydrogens (tertiary/aromatic N) is 1. The van der Waals surface area contributed by atoms with Crippen LogP contribution in [0.5, 0.6) is 0 Å². The molecule has 3 heteroatoms. The third-order valence-corrected chi connectivity index (χ3v) is 2.70. The smallest absolute Gasteiger partial charge is 0.0468 e. The van der Waals surface area contributed by atoms with E-state index in [9.17, 15) is 0 Å². The van der Waals surface area contributed by atoms with E-state index in [4.69, 9.17) is 16.7 Å². The maximum atomic E-state index is 8.95. The molecule has 1 atom stereocenters. The highest BCUT2D eigenvalue weighted by Gasteiger charge is 2.07. The van der Waals surface area contributed by atoms with Gasteiger partial charge in [0.05, 0.1) is 0 Å². The van der Waals surface area contributed by atoms with Crippen LogP contribution in [0.3, 0.4) is 0 Å². The van der Waals surface area contributed by atoms with Crippen molar-refractivity contribution >= 4 is 11.6 Å². The van der Waals surface area contributed by atoms with Gasteiger partial charge >= 0.3 is 0 Å². The molecule has 84 valence electrons. The number of aliphatic hydroxyl groups is 1. The van der Waals surface area contributed by atoms with Gasteiger partial charge in [0.1, 0.15) is 0 Å². The summed E-state index contributed by atoms with van der Waals surface area (Å²) in [6, 6.07) is 7.86. The van der Waals surface area contributed by atoms with Crippen LogP contribution in [0.15, 0.2) is 24.3 Å². The Kier molecular flexibility index (Phi) is 5.09. The summed E-state index contributed by atoms with van der Waals surface area (Å²) >= 11 is 6.06. The number of benzene rings is 1. The minimum atomic E-state index is 0.229. The van der Waals surface area contributed by atoms with Gasteiger partial charge in [0.15, 0.2) is 0 Å². The molecule has 0 radical (unpaired) electrons. The molecule has 0 spiro atoms. The van der Waals surface area contributed by atoms with Crippen LogP contribution in [-0.4, -0.2) is 30.2 Å². The van der Waals surface area contributed by atoms with Gasteiger partial charge in [-0.15, -0.1) is 0 Å². The minimum Gasteiger partial charge on any atom is -0.396 e. The Morgan fingerprint density at radius 1 is 1.40 bits per heavy atom. The van der Waals surface area contributed by atoms with Crippen LogP contribution in [0.2, 0.25) is 5.02 Å². The number of halogens is 1. The predicted molar refractivity (Wildman–Crippen MR) is 64.0 cm³/mol. The molecule has 0 aliphatic carbocycles. The van der Waals surface area contributed by atoms with E-state index in [0.29, 0.717) is 5.92 Å². The average molecular weight is 228 g/mol. The molecule has 0 heterocycles. The highest BCUT2D eigenvalue weighted by molar-refractivity contribution is 6.31. The summed E-state index contributed by atoms with van der Waals surface area (Å²) in [5, 5.41) is 9.76. The third kappa shape index (κ3) is 4.20. The quantitative estimate of drug-likeness (QED) is 0.835. The van der Waals surface area contributed by atoms with Crippen LogP contribution >= 0.6 is 11.6 Å². The van der Waals surface area contributed by atoms with Crippen molar-refractivity contribution in [3.8, 4) is 0 Å². The van der Waals surface area contributed by atoms with Crippen molar-refractivity contribution in [2.24, 2.45) is 5.92 Å². The molecule has 0 aromatic heterocycles. The molecule has 0 fully saturated rings. The fourth-order valence-electron chi connectivity index (χ4n) is 1.57. The summed E-state index contributed by atoms with van der Waals surface area (Å²) in [7, 11) is 2.04. The molecule has 0 amide bonds. The monoisotopic (exact) mass is 227 g/mol. The van der Waals surface area contributed by atoms with E-state index in [0.717, 1.165) is 23.7 Å². The molecule has 1 unspecified atom stereocenters. The third-order valence-electron chi connectivity index (χ3n) is 2.33. The van der Waals surface area contributed by atoms with Gasteiger partial charge in [-0.05, 0) is 24.6 Å². The molecule has 0 aliphatic rings. The Balaban J connectivity index is 2.51. The van der Waals surface area contributed by atoms with Crippen molar-refractivity contribution in [3.05, 3.63) is 34.9 Å². The molecule has 1 aromatic rings. The maximum Gasteiger partial charge on any atom is 0.0468 e. The first kappa shape index (κ1) is 12.5. The molecule has 1 N–H and O–H groups in total. The summed E-state index contributed by atoms with van der Waals surface area (Å²) in [6.07, 6.45) is 0. The van der Waals surface area contributed by atoms with Gasteiger partial charge in [0.2, 0.25) is 0 Å². The zero-order valence-electron chi connectivity index (χ0n) is 9.28. The van der Waals surface area contributed by atoms with E-state index in [-0.39, 0.29) is 6.61 Å². The van der Waals surface area contributed by atoms with Crippen molar-refractivity contribution in [1.29, 1.82) is 0 Å². The lowest BCUT2D eigenvalue weighted by Crippen LogP contribution is -2.25. The molecule has 0 saturated carbocycles. The second kappa shape index (κ2) is 6.11. The summed E-state index contributed by atoms with van der Waals surface area (Å²) in [4.78, 5) is 2.17. The van der Waals surface area contributed by atoms with Crippen molar-refractivity contribution in [3.63, 3.8) is 0 Å². The molecule has 0 saturated heterocycles. The molecule has 15 heavy (non-hydrogen) atoms. The lowest BCUT2D eigenvalue weighted by Gasteiger charge is -2.20. The fourth-order valence-corrected chi connectivity index (χ4v) is 1.77. The van der Waals surface area contributed by atoms with Gasteiger partial charge in [-0.1, -0.05) is 36.7 Å². The molecule has 2 nitrogen and oxygen atoms in total. The van der Waals surface area contributed by atoms with Crippen LogP contribution in [-0.2, 0) is 6.54 Å². The first-order chi connectivity index (χ1) is 7.13. The summed E-state index contributed by atoms with van der Waals surface area (Å²) < 4.78 is 0. The highest BCUT2D eigenvalue weighted by atomic mass is 35.5. The van der Waals surface area contributed by atoms with Gasteiger partial charge in [0, 0.05) is 24.7 Å². The minimum absolute atomic E-state index is 0.229. The second-order valence-electron chi connectivity index (χ2n) is 4.08. The number of rotatable bonds is 5. The summed E-state index contributed by atoms with van der Waals surface area (Å²) in [5.41, 5.74) is 1.13.